The van der Waals surface area contributed by atoms with E-state index >= 15 is 0 Å². The van der Waals surface area contributed by atoms with Crippen molar-refractivity contribution in [3.8, 4) is 0 Å². The molecular formula is C18H29N5O2. The highest BCUT2D eigenvalue weighted by Crippen LogP contribution is 2.28. The molecule has 2 fully saturated rings. The number of carbonyl (C=O) groups excluding carboxylic acids is 1. The van der Waals surface area contributed by atoms with E-state index in [0.717, 1.165) is 56.8 Å². The third-order valence-corrected chi connectivity index (χ3v) is 5.81. The van der Waals surface area contributed by atoms with E-state index in [-0.39, 0.29) is 18.1 Å². The molecule has 0 spiro atoms. The average molecular weight is 347 g/mol. The van der Waals surface area contributed by atoms with E-state index in [1.807, 2.05) is 4.68 Å². The number of hydrogen-bond acceptors (Lipinski definition) is 5. The smallest absolute Gasteiger partial charge is 0.236 e. The van der Waals surface area contributed by atoms with Gasteiger partial charge < -0.3 is 15.0 Å². The standard InChI is InChI=1S/C18H29N5O2/c1-2-16-20-17-8-7-13(12-23(17)21-16)19-11-18(24)22-9-10-25-15-6-4-3-5-14(15)22/h13-15,19H,2-12H2,1H3/t13-,14+,15+/m1/s1. The Hall–Kier alpha value is -1.47. The van der Waals surface area contributed by atoms with Crippen LogP contribution < -0.4 is 5.32 Å². The minimum absolute atomic E-state index is 0.221. The summed E-state index contributed by atoms with van der Waals surface area (Å²) in [4.78, 5) is 19.4. The number of fused-ring (bicyclic) bond motifs is 2. The molecule has 1 saturated carbocycles. The number of carbonyl (C=O) groups is 1. The fourth-order valence-corrected chi connectivity index (χ4v) is 4.42. The normalized spacial score (nSPS) is 29.2. The summed E-state index contributed by atoms with van der Waals surface area (Å²) in [6, 6.07) is 0.586. The fraction of sp³-hybridized carbons (Fsp3) is 0.833. The van der Waals surface area contributed by atoms with Crippen molar-refractivity contribution in [2.75, 3.05) is 19.7 Å². The van der Waals surface area contributed by atoms with Gasteiger partial charge in [-0.05, 0) is 19.3 Å². The van der Waals surface area contributed by atoms with Gasteiger partial charge in [-0.15, -0.1) is 0 Å². The third-order valence-electron chi connectivity index (χ3n) is 5.81. The van der Waals surface area contributed by atoms with Crippen molar-refractivity contribution in [2.45, 2.75) is 76.6 Å². The Morgan fingerprint density at radius 1 is 1.32 bits per heavy atom. The van der Waals surface area contributed by atoms with Gasteiger partial charge in [-0.1, -0.05) is 19.8 Å². The fourth-order valence-electron chi connectivity index (χ4n) is 4.42. The molecule has 1 amide bonds. The molecule has 7 nitrogen and oxygen atoms in total. The molecule has 3 aliphatic rings. The molecule has 0 aromatic carbocycles. The molecule has 0 unspecified atom stereocenters. The molecule has 4 rings (SSSR count). The number of hydrogen-bond donors (Lipinski definition) is 1. The summed E-state index contributed by atoms with van der Waals surface area (Å²) >= 11 is 0. The molecule has 1 aromatic heterocycles. The number of aromatic nitrogens is 3. The van der Waals surface area contributed by atoms with Gasteiger partial charge in [0.1, 0.15) is 5.82 Å². The monoisotopic (exact) mass is 347 g/mol. The highest BCUT2D eigenvalue weighted by atomic mass is 16.5. The Morgan fingerprint density at radius 3 is 3.08 bits per heavy atom. The topological polar surface area (TPSA) is 72.3 Å². The van der Waals surface area contributed by atoms with Crippen LogP contribution in [0.4, 0.5) is 0 Å². The van der Waals surface area contributed by atoms with Crippen molar-refractivity contribution in [3.63, 3.8) is 0 Å². The Bertz CT molecular complexity index is 615. The van der Waals surface area contributed by atoms with Gasteiger partial charge in [-0.3, -0.25) is 4.79 Å². The molecule has 0 bridgehead atoms. The van der Waals surface area contributed by atoms with Crippen LogP contribution in [0.5, 0.6) is 0 Å². The van der Waals surface area contributed by atoms with Crippen LogP contribution in [0.2, 0.25) is 0 Å². The molecule has 1 saturated heterocycles. The second-order valence-corrected chi connectivity index (χ2v) is 7.44. The quantitative estimate of drug-likeness (QED) is 0.877. The SMILES string of the molecule is CCc1nc2n(n1)C[C@H](NCC(=O)N1CCO[C@H]3CCCC[C@@H]31)CC2. The van der Waals surface area contributed by atoms with Crippen LogP contribution >= 0.6 is 0 Å². The molecule has 0 radical (unpaired) electrons. The van der Waals surface area contributed by atoms with Crippen molar-refractivity contribution in [3.05, 3.63) is 11.6 Å². The van der Waals surface area contributed by atoms with Gasteiger partial charge in [0.05, 0.1) is 31.8 Å². The van der Waals surface area contributed by atoms with Crippen LogP contribution in [0.15, 0.2) is 0 Å². The maximum atomic E-state index is 12.8. The van der Waals surface area contributed by atoms with E-state index in [2.05, 4.69) is 27.2 Å². The zero-order valence-electron chi connectivity index (χ0n) is 15.1. The van der Waals surface area contributed by atoms with Gasteiger partial charge in [0.15, 0.2) is 5.82 Å². The molecular weight excluding hydrogens is 318 g/mol. The van der Waals surface area contributed by atoms with E-state index in [1.54, 1.807) is 0 Å². The highest BCUT2D eigenvalue weighted by Gasteiger charge is 2.36. The number of nitrogens with zero attached hydrogens (tertiary/aromatic N) is 4. The van der Waals surface area contributed by atoms with E-state index in [0.29, 0.717) is 19.2 Å². The number of rotatable bonds is 4. The van der Waals surface area contributed by atoms with E-state index < -0.39 is 0 Å². The third kappa shape index (κ3) is 3.58. The molecule has 25 heavy (non-hydrogen) atoms. The van der Waals surface area contributed by atoms with Crippen LogP contribution in [-0.4, -0.2) is 63.5 Å². The van der Waals surface area contributed by atoms with Crippen LogP contribution in [0.1, 0.15) is 50.7 Å². The Balaban J connectivity index is 1.31. The molecule has 3 heterocycles. The lowest BCUT2D eigenvalue weighted by Gasteiger charge is -2.44. The van der Waals surface area contributed by atoms with Crippen LogP contribution in [-0.2, 0) is 28.9 Å². The number of morpholine rings is 1. The molecule has 138 valence electrons. The summed E-state index contributed by atoms with van der Waals surface area (Å²) in [6.07, 6.45) is 7.69. The summed E-state index contributed by atoms with van der Waals surface area (Å²) in [5.74, 6) is 2.22. The number of nitrogens with one attached hydrogen (secondary N) is 1. The average Bonchev–Trinajstić information content (AvgIpc) is 3.08. The number of aryl methyl sites for hydroxylation is 2. The molecule has 1 aromatic rings. The Labute approximate surface area is 149 Å². The summed E-state index contributed by atoms with van der Waals surface area (Å²) in [6.45, 7) is 4.72. The molecule has 1 aliphatic carbocycles. The summed E-state index contributed by atoms with van der Waals surface area (Å²) in [5.41, 5.74) is 0. The van der Waals surface area contributed by atoms with Crippen molar-refractivity contribution >= 4 is 5.91 Å². The van der Waals surface area contributed by atoms with Gasteiger partial charge >= 0.3 is 0 Å². The van der Waals surface area contributed by atoms with Gasteiger partial charge in [-0.2, -0.15) is 5.10 Å². The van der Waals surface area contributed by atoms with Crippen molar-refractivity contribution in [1.29, 1.82) is 0 Å². The van der Waals surface area contributed by atoms with Gasteiger partial charge in [0.25, 0.3) is 0 Å². The van der Waals surface area contributed by atoms with Gasteiger partial charge in [0, 0.05) is 25.4 Å². The minimum Gasteiger partial charge on any atom is -0.374 e. The van der Waals surface area contributed by atoms with Crippen LogP contribution in [0.25, 0.3) is 0 Å². The zero-order valence-corrected chi connectivity index (χ0v) is 15.1. The van der Waals surface area contributed by atoms with Crippen molar-refractivity contribution < 1.29 is 9.53 Å². The van der Waals surface area contributed by atoms with Gasteiger partial charge in [-0.25, -0.2) is 9.67 Å². The predicted molar refractivity (Wildman–Crippen MR) is 93.2 cm³/mol. The van der Waals surface area contributed by atoms with Crippen LogP contribution in [0.3, 0.4) is 0 Å². The minimum atomic E-state index is 0.221. The summed E-state index contributed by atoms with van der Waals surface area (Å²) in [7, 11) is 0. The Kier molecular flexibility index (Phi) is 5.03. The maximum Gasteiger partial charge on any atom is 0.236 e. The van der Waals surface area contributed by atoms with Crippen molar-refractivity contribution in [1.82, 2.24) is 25.0 Å². The first kappa shape index (κ1) is 17.0. The molecule has 3 atom stereocenters. The van der Waals surface area contributed by atoms with E-state index in [4.69, 9.17) is 4.74 Å². The summed E-state index contributed by atoms with van der Waals surface area (Å²) < 4.78 is 7.89. The highest BCUT2D eigenvalue weighted by molar-refractivity contribution is 5.78. The predicted octanol–water partition coefficient (Wildman–Crippen LogP) is 0.915. The lowest BCUT2D eigenvalue weighted by molar-refractivity contribution is -0.148. The lowest BCUT2D eigenvalue weighted by atomic mass is 9.90. The largest absolute Gasteiger partial charge is 0.374 e. The zero-order chi connectivity index (χ0) is 17.2. The Morgan fingerprint density at radius 2 is 2.20 bits per heavy atom. The summed E-state index contributed by atoms with van der Waals surface area (Å²) in [5, 5.41) is 8.01. The second kappa shape index (κ2) is 7.41. The molecule has 2 aliphatic heterocycles. The number of ether oxygens (including phenoxy) is 1. The lowest BCUT2D eigenvalue weighted by Crippen LogP contribution is -2.57. The number of amides is 1. The van der Waals surface area contributed by atoms with Crippen LogP contribution in [0, 0.1) is 0 Å². The van der Waals surface area contributed by atoms with Gasteiger partial charge in [0.2, 0.25) is 5.91 Å². The first-order valence-corrected chi connectivity index (χ1v) is 9.81. The first-order valence-electron chi connectivity index (χ1n) is 9.81. The molecule has 1 N–H and O–H groups in total. The second-order valence-electron chi connectivity index (χ2n) is 7.44. The van der Waals surface area contributed by atoms with E-state index in [1.165, 1.54) is 12.8 Å². The maximum absolute atomic E-state index is 12.8. The van der Waals surface area contributed by atoms with Crippen molar-refractivity contribution in [2.24, 2.45) is 0 Å². The first-order chi connectivity index (χ1) is 12.2. The molecule has 7 heteroatoms. The van der Waals surface area contributed by atoms with E-state index in [9.17, 15) is 4.79 Å².